The minimum atomic E-state index is -0.819. The quantitative estimate of drug-likeness (QED) is 0.602. The van der Waals surface area contributed by atoms with Crippen LogP contribution in [0.4, 0.5) is 4.79 Å². The number of nitrogens with one attached hydrogen (secondary N) is 1. The third-order valence-corrected chi connectivity index (χ3v) is 6.55. The molecule has 0 unspecified atom stereocenters. The van der Waals surface area contributed by atoms with Crippen molar-refractivity contribution in [3.8, 4) is 11.1 Å². The van der Waals surface area contributed by atoms with Gasteiger partial charge < -0.3 is 20.1 Å². The minimum Gasteiger partial charge on any atom is -0.481 e. The van der Waals surface area contributed by atoms with Crippen LogP contribution in [0.3, 0.4) is 0 Å². The molecule has 1 aliphatic carbocycles. The molecule has 0 spiro atoms. The summed E-state index contributed by atoms with van der Waals surface area (Å²) in [6.45, 7) is 3.25. The van der Waals surface area contributed by atoms with Gasteiger partial charge in [0, 0.05) is 25.4 Å². The summed E-state index contributed by atoms with van der Waals surface area (Å²) in [5, 5.41) is 11.6. The number of aliphatic carboxylic acids is 1. The first-order valence-electron chi connectivity index (χ1n) is 11.6. The zero-order valence-electron chi connectivity index (χ0n) is 18.8. The van der Waals surface area contributed by atoms with Gasteiger partial charge in [0.05, 0.1) is 0 Å². The van der Waals surface area contributed by atoms with Crippen LogP contribution in [0.5, 0.6) is 0 Å². The fraction of sp³-hybridized carbons (Fsp3) is 0.423. The van der Waals surface area contributed by atoms with E-state index in [9.17, 15) is 14.4 Å². The largest absolute Gasteiger partial charge is 0.481 e. The summed E-state index contributed by atoms with van der Waals surface area (Å²) in [5.74, 6) is -0.770. The summed E-state index contributed by atoms with van der Waals surface area (Å²) in [4.78, 5) is 37.9. The van der Waals surface area contributed by atoms with Crippen LogP contribution >= 0.6 is 0 Å². The molecule has 1 heterocycles. The zero-order chi connectivity index (χ0) is 23.4. The highest BCUT2D eigenvalue weighted by Crippen LogP contribution is 2.44. The molecule has 0 aromatic heterocycles. The second-order valence-corrected chi connectivity index (χ2v) is 8.85. The summed E-state index contributed by atoms with van der Waals surface area (Å²) in [6, 6.07) is 15.7. The van der Waals surface area contributed by atoms with Crippen molar-refractivity contribution in [2.24, 2.45) is 5.92 Å². The van der Waals surface area contributed by atoms with Crippen LogP contribution in [-0.2, 0) is 14.3 Å². The van der Waals surface area contributed by atoms with E-state index in [4.69, 9.17) is 9.84 Å². The normalized spacial score (nSPS) is 15.8. The van der Waals surface area contributed by atoms with Crippen LogP contribution < -0.4 is 5.32 Å². The Hall–Kier alpha value is -3.35. The van der Waals surface area contributed by atoms with Crippen LogP contribution in [0.15, 0.2) is 48.5 Å². The SMILES string of the molecule is CCC[C@@H](NC(=O)OCC1c2ccccc2-c2ccccc21)C(=O)N1CC(CCC(=O)O)C1. The number of carbonyl (C=O) groups excluding carboxylic acids is 2. The second-order valence-electron chi connectivity index (χ2n) is 8.85. The molecular weight excluding hydrogens is 420 g/mol. The van der Waals surface area contributed by atoms with Gasteiger partial charge in [-0.15, -0.1) is 0 Å². The Morgan fingerprint density at radius 1 is 1.06 bits per heavy atom. The van der Waals surface area contributed by atoms with Crippen molar-refractivity contribution in [1.29, 1.82) is 0 Å². The summed E-state index contributed by atoms with van der Waals surface area (Å²) in [7, 11) is 0. The highest BCUT2D eigenvalue weighted by atomic mass is 16.5. The molecule has 2 aromatic rings. The lowest BCUT2D eigenvalue weighted by molar-refractivity contribution is -0.141. The van der Waals surface area contributed by atoms with Crippen LogP contribution in [0, 0.1) is 5.92 Å². The summed E-state index contributed by atoms with van der Waals surface area (Å²) >= 11 is 0. The van der Waals surface area contributed by atoms with E-state index in [-0.39, 0.29) is 30.8 Å². The molecule has 2 N–H and O–H groups in total. The van der Waals surface area contributed by atoms with E-state index in [2.05, 4.69) is 29.6 Å². The Kier molecular flexibility index (Phi) is 6.96. The fourth-order valence-corrected chi connectivity index (χ4v) is 4.81. The molecule has 0 bridgehead atoms. The Labute approximate surface area is 193 Å². The third-order valence-electron chi connectivity index (χ3n) is 6.55. The molecule has 174 valence electrons. The standard InChI is InChI=1S/C26H30N2O5/c1-2-7-23(25(31)28-14-17(15-28)12-13-24(29)30)27-26(32)33-16-22-20-10-5-3-8-18(20)19-9-4-6-11-21(19)22/h3-6,8-11,17,22-23H,2,7,12-16H2,1H3,(H,27,32)(H,29,30)/t23-/m1/s1. The maximum atomic E-state index is 12.9. The molecule has 7 heteroatoms. The molecule has 7 nitrogen and oxygen atoms in total. The monoisotopic (exact) mass is 450 g/mol. The molecule has 1 saturated heterocycles. The summed E-state index contributed by atoms with van der Waals surface area (Å²) in [5.41, 5.74) is 4.61. The van der Waals surface area contributed by atoms with Gasteiger partial charge in [0.2, 0.25) is 5.91 Å². The second kappa shape index (κ2) is 10.1. The van der Waals surface area contributed by atoms with Crippen molar-refractivity contribution in [2.75, 3.05) is 19.7 Å². The number of ether oxygens (including phenoxy) is 1. The van der Waals surface area contributed by atoms with Crippen molar-refractivity contribution in [1.82, 2.24) is 10.2 Å². The first kappa shape index (κ1) is 22.8. The molecule has 0 radical (unpaired) electrons. The topological polar surface area (TPSA) is 95.9 Å². The van der Waals surface area contributed by atoms with Crippen molar-refractivity contribution >= 4 is 18.0 Å². The van der Waals surface area contributed by atoms with Crippen LogP contribution in [-0.4, -0.2) is 53.7 Å². The lowest BCUT2D eigenvalue weighted by Crippen LogP contribution is -2.57. The Morgan fingerprint density at radius 3 is 2.24 bits per heavy atom. The summed E-state index contributed by atoms with van der Waals surface area (Å²) < 4.78 is 5.60. The zero-order valence-corrected chi connectivity index (χ0v) is 18.8. The highest BCUT2D eigenvalue weighted by Gasteiger charge is 2.35. The average molecular weight is 451 g/mol. The predicted molar refractivity (Wildman–Crippen MR) is 124 cm³/mol. The Balaban J connectivity index is 1.33. The van der Waals surface area contributed by atoms with Crippen LogP contribution in [0.2, 0.25) is 0 Å². The van der Waals surface area contributed by atoms with Gasteiger partial charge in [-0.2, -0.15) is 0 Å². The van der Waals surface area contributed by atoms with Crippen LogP contribution in [0.25, 0.3) is 11.1 Å². The molecule has 4 rings (SSSR count). The first-order valence-corrected chi connectivity index (χ1v) is 11.6. The van der Waals surface area contributed by atoms with Crippen molar-refractivity contribution in [3.63, 3.8) is 0 Å². The molecule has 2 amide bonds. The van der Waals surface area contributed by atoms with Gasteiger partial charge in [-0.1, -0.05) is 61.9 Å². The number of carboxylic acids is 1. The number of hydrogen-bond acceptors (Lipinski definition) is 4. The number of nitrogens with zero attached hydrogens (tertiary/aromatic N) is 1. The van der Waals surface area contributed by atoms with Gasteiger partial charge in [0.1, 0.15) is 12.6 Å². The van der Waals surface area contributed by atoms with Gasteiger partial charge in [0.15, 0.2) is 0 Å². The third kappa shape index (κ3) is 5.02. The van der Waals surface area contributed by atoms with Crippen LogP contribution in [0.1, 0.15) is 49.7 Å². The smallest absolute Gasteiger partial charge is 0.407 e. The Morgan fingerprint density at radius 2 is 1.67 bits per heavy atom. The molecule has 1 fully saturated rings. The molecule has 1 atom stereocenters. The number of carboxylic acid groups (broad SMARTS) is 1. The van der Waals surface area contributed by atoms with Crippen molar-refractivity contribution < 1.29 is 24.2 Å². The van der Waals surface area contributed by atoms with Gasteiger partial charge >= 0.3 is 12.1 Å². The molecular formula is C26H30N2O5. The maximum Gasteiger partial charge on any atom is 0.407 e. The minimum absolute atomic E-state index is 0.0335. The van der Waals surface area contributed by atoms with Crippen molar-refractivity contribution in [2.45, 2.75) is 44.6 Å². The van der Waals surface area contributed by atoms with Gasteiger partial charge in [-0.25, -0.2) is 4.79 Å². The maximum absolute atomic E-state index is 12.9. The van der Waals surface area contributed by atoms with E-state index >= 15 is 0 Å². The van der Waals surface area contributed by atoms with E-state index in [0.29, 0.717) is 25.9 Å². The number of amides is 2. The van der Waals surface area contributed by atoms with Gasteiger partial charge in [-0.3, -0.25) is 9.59 Å². The number of benzene rings is 2. The van der Waals surface area contributed by atoms with E-state index in [1.54, 1.807) is 4.90 Å². The number of alkyl carbamates (subject to hydrolysis) is 1. The Bertz CT molecular complexity index is 985. The number of rotatable bonds is 9. The number of likely N-dealkylation sites (tertiary alicyclic amines) is 1. The number of hydrogen-bond donors (Lipinski definition) is 2. The lowest BCUT2D eigenvalue weighted by atomic mass is 9.93. The number of fused-ring (bicyclic) bond motifs is 3. The molecule has 2 aliphatic rings. The van der Waals surface area contributed by atoms with E-state index in [1.807, 2.05) is 31.2 Å². The van der Waals surface area contributed by atoms with Gasteiger partial charge in [0.25, 0.3) is 0 Å². The lowest BCUT2D eigenvalue weighted by Gasteiger charge is -2.41. The van der Waals surface area contributed by atoms with E-state index < -0.39 is 18.1 Å². The van der Waals surface area contributed by atoms with E-state index in [1.165, 1.54) is 0 Å². The van der Waals surface area contributed by atoms with E-state index in [0.717, 1.165) is 28.7 Å². The predicted octanol–water partition coefficient (Wildman–Crippen LogP) is 4.02. The summed E-state index contributed by atoms with van der Waals surface area (Å²) in [6.07, 6.45) is 1.36. The average Bonchev–Trinajstić information content (AvgIpc) is 3.10. The van der Waals surface area contributed by atoms with Crippen molar-refractivity contribution in [3.05, 3.63) is 59.7 Å². The highest BCUT2D eigenvalue weighted by molar-refractivity contribution is 5.86. The number of carbonyl (C=O) groups is 3. The first-order chi connectivity index (χ1) is 16.0. The molecule has 2 aromatic carbocycles. The molecule has 0 saturated carbocycles. The van der Waals surface area contributed by atoms with Gasteiger partial charge in [-0.05, 0) is 41.0 Å². The molecule has 33 heavy (non-hydrogen) atoms. The molecule has 1 aliphatic heterocycles. The fourth-order valence-electron chi connectivity index (χ4n) is 4.81.